The molecule has 0 radical (unpaired) electrons. The first-order valence-electron chi connectivity index (χ1n) is 6.36. The van der Waals surface area contributed by atoms with Crippen molar-refractivity contribution in [1.29, 1.82) is 0 Å². The summed E-state index contributed by atoms with van der Waals surface area (Å²) < 4.78 is 14.7. The molecular weight excluding hydrogens is 262 g/mol. The second-order valence-corrected chi connectivity index (χ2v) is 3.62. The van der Waals surface area contributed by atoms with E-state index in [1.165, 1.54) is 17.1 Å². The smallest absolute Gasteiger partial charge is 0.434 e. The Morgan fingerprint density at radius 1 is 1.20 bits per heavy atom. The molecule has 1 aliphatic rings. The molecule has 0 N–H and O–H groups in total. The minimum absolute atomic E-state index is 0.00236. The lowest BCUT2D eigenvalue weighted by molar-refractivity contribution is 0.0747. The molecule has 0 aliphatic heterocycles. The van der Waals surface area contributed by atoms with Crippen molar-refractivity contribution in [2.45, 2.75) is 20.8 Å². The highest BCUT2D eigenvalue weighted by molar-refractivity contribution is 5.70. The van der Waals surface area contributed by atoms with Crippen molar-refractivity contribution < 1.29 is 23.8 Å². The first-order valence-corrected chi connectivity index (χ1v) is 6.36. The van der Waals surface area contributed by atoms with E-state index in [0.717, 1.165) is 0 Å². The molecule has 108 valence electrons. The summed E-state index contributed by atoms with van der Waals surface area (Å²) in [6.07, 6.45) is 1.52. The molecule has 0 aromatic heterocycles. The van der Waals surface area contributed by atoms with Crippen LogP contribution in [0.1, 0.15) is 20.8 Å². The lowest BCUT2D eigenvalue weighted by Crippen LogP contribution is -2.31. The summed E-state index contributed by atoms with van der Waals surface area (Å²) in [5.41, 5.74) is 5.23. The second-order valence-electron chi connectivity index (χ2n) is 3.62. The number of ether oxygens (including phenoxy) is 3. The van der Waals surface area contributed by atoms with E-state index in [4.69, 9.17) is 9.47 Å². The zero-order valence-corrected chi connectivity index (χ0v) is 11.8. The van der Waals surface area contributed by atoms with Gasteiger partial charge in [-0.05, 0) is 38.7 Å². The molecule has 6 nitrogen and oxygen atoms in total. The fourth-order valence-electron chi connectivity index (χ4n) is 1.39. The Hall–Kier alpha value is -2.42. The summed E-state index contributed by atoms with van der Waals surface area (Å²) in [6, 6.07) is 0. The number of carbonyl (C=O) groups is 2. The first-order chi connectivity index (χ1) is 9.62. The summed E-state index contributed by atoms with van der Waals surface area (Å²) in [6.45, 7) is 6.55. The van der Waals surface area contributed by atoms with Crippen LogP contribution in [-0.4, -0.2) is 36.8 Å². The average Bonchev–Trinajstić information content (AvgIpc) is 2.42. The third kappa shape index (κ3) is 4.35. The van der Waals surface area contributed by atoms with Gasteiger partial charge in [-0.3, -0.25) is 0 Å². The van der Waals surface area contributed by atoms with E-state index < -0.39 is 12.2 Å². The Bertz CT molecular complexity index is 504. The Kier molecular flexibility index (Phi) is 6.17. The Morgan fingerprint density at radius 3 is 2.50 bits per heavy atom. The molecule has 6 heteroatoms. The highest BCUT2D eigenvalue weighted by Gasteiger charge is 2.20. The number of hydrogen-bond donors (Lipinski definition) is 0. The Morgan fingerprint density at radius 2 is 1.90 bits per heavy atom. The number of hydrogen-bond acceptors (Lipinski definition) is 5. The van der Waals surface area contributed by atoms with E-state index in [-0.39, 0.29) is 18.1 Å². The highest BCUT2D eigenvalue weighted by atomic mass is 16.7. The van der Waals surface area contributed by atoms with Gasteiger partial charge in [-0.1, -0.05) is 5.73 Å². The van der Waals surface area contributed by atoms with Crippen LogP contribution in [0.3, 0.4) is 0 Å². The molecule has 0 atom stereocenters. The van der Waals surface area contributed by atoms with E-state index >= 15 is 0 Å². The van der Waals surface area contributed by atoms with Gasteiger partial charge in [-0.2, -0.15) is 0 Å². The van der Waals surface area contributed by atoms with Crippen molar-refractivity contribution in [1.82, 2.24) is 4.90 Å². The maximum Gasteiger partial charge on any atom is 0.513 e. The molecule has 0 aromatic rings. The zero-order valence-electron chi connectivity index (χ0n) is 11.8. The summed E-state index contributed by atoms with van der Waals surface area (Å²) in [4.78, 5) is 24.6. The largest absolute Gasteiger partial charge is 0.513 e. The van der Waals surface area contributed by atoms with Gasteiger partial charge in [0.1, 0.15) is 0 Å². The minimum atomic E-state index is -0.868. The molecule has 0 spiro atoms. The lowest BCUT2D eigenvalue weighted by atomic mass is 10.3. The number of allylic oxidation sites excluding steroid dienone is 2. The molecule has 0 saturated heterocycles. The maximum atomic E-state index is 11.8. The van der Waals surface area contributed by atoms with Crippen molar-refractivity contribution in [2.24, 2.45) is 0 Å². The molecule has 0 saturated carbocycles. The van der Waals surface area contributed by atoms with Crippen LogP contribution < -0.4 is 0 Å². The number of carbonyl (C=O) groups excluding carboxylic acids is 2. The monoisotopic (exact) mass is 279 g/mol. The molecule has 20 heavy (non-hydrogen) atoms. The SMILES string of the molecule is CCOC(=O)OC1=CC=C=C=C1OC(=O)N(CC)CC. The van der Waals surface area contributed by atoms with Gasteiger partial charge in [0.15, 0.2) is 5.76 Å². The molecule has 0 fully saturated rings. The molecule has 1 aliphatic carbocycles. The van der Waals surface area contributed by atoms with Crippen molar-refractivity contribution in [3.05, 3.63) is 35.1 Å². The van der Waals surface area contributed by atoms with Crippen molar-refractivity contribution in [2.75, 3.05) is 19.7 Å². The molecule has 0 bridgehead atoms. The van der Waals surface area contributed by atoms with Crippen LogP contribution in [-0.2, 0) is 14.2 Å². The van der Waals surface area contributed by atoms with Crippen LogP contribution in [0.2, 0.25) is 0 Å². The summed E-state index contributed by atoms with van der Waals surface area (Å²) in [5.74, 6) is 0.0557. The van der Waals surface area contributed by atoms with E-state index in [1.54, 1.807) is 6.92 Å². The molecule has 1 rings (SSSR count). The fourth-order valence-corrected chi connectivity index (χ4v) is 1.39. The predicted molar refractivity (Wildman–Crippen MR) is 70.7 cm³/mol. The van der Waals surface area contributed by atoms with Crippen LogP contribution in [0.5, 0.6) is 0 Å². The zero-order chi connectivity index (χ0) is 15.0. The quantitative estimate of drug-likeness (QED) is 0.572. The number of amides is 1. The second kappa shape index (κ2) is 7.89. The van der Waals surface area contributed by atoms with Crippen LogP contribution in [0.25, 0.3) is 0 Å². The van der Waals surface area contributed by atoms with E-state index in [1.807, 2.05) is 13.8 Å². The standard InChI is InChI=1S/C14H17NO5/c1-4-15(5-2)13(16)19-11-9-7-8-10-12(11)20-14(17)18-6-3/h8,10H,4-6H2,1-3H3. The van der Waals surface area contributed by atoms with Gasteiger partial charge >= 0.3 is 12.2 Å². The lowest BCUT2D eigenvalue weighted by Gasteiger charge is -2.19. The maximum absolute atomic E-state index is 11.8. The summed E-state index contributed by atoms with van der Waals surface area (Å²) >= 11 is 0. The molecule has 0 heterocycles. The van der Waals surface area contributed by atoms with Gasteiger partial charge in [0.2, 0.25) is 5.76 Å². The van der Waals surface area contributed by atoms with Gasteiger partial charge in [-0.25, -0.2) is 9.59 Å². The third-order valence-electron chi connectivity index (χ3n) is 2.39. The normalized spacial score (nSPS) is 12.3. The average molecular weight is 279 g/mol. The number of rotatable bonds is 5. The minimum Gasteiger partial charge on any atom is -0.434 e. The van der Waals surface area contributed by atoms with Crippen LogP contribution in [0.15, 0.2) is 35.1 Å². The summed E-state index contributed by atoms with van der Waals surface area (Å²) in [5, 5.41) is 0. The van der Waals surface area contributed by atoms with E-state index in [0.29, 0.717) is 13.1 Å². The van der Waals surface area contributed by atoms with Crippen LogP contribution in [0.4, 0.5) is 9.59 Å². The van der Waals surface area contributed by atoms with Gasteiger partial charge in [0, 0.05) is 13.1 Å². The number of nitrogens with zero attached hydrogens (tertiary/aromatic N) is 1. The fraction of sp³-hybridized carbons (Fsp3) is 0.429. The highest BCUT2D eigenvalue weighted by Crippen LogP contribution is 2.16. The van der Waals surface area contributed by atoms with Crippen molar-refractivity contribution in [3.8, 4) is 0 Å². The first kappa shape index (κ1) is 15.6. The van der Waals surface area contributed by atoms with Crippen LogP contribution >= 0.6 is 0 Å². The Labute approximate surface area is 117 Å². The van der Waals surface area contributed by atoms with E-state index in [2.05, 4.69) is 16.2 Å². The molecule has 1 amide bonds. The summed E-state index contributed by atoms with van der Waals surface area (Å²) in [7, 11) is 0. The Balaban J connectivity index is 2.74. The van der Waals surface area contributed by atoms with Gasteiger partial charge in [-0.15, -0.1) is 0 Å². The third-order valence-corrected chi connectivity index (χ3v) is 2.39. The van der Waals surface area contributed by atoms with Crippen molar-refractivity contribution in [3.63, 3.8) is 0 Å². The van der Waals surface area contributed by atoms with Gasteiger partial charge < -0.3 is 19.1 Å². The topological polar surface area (TPSA) is 65.1 Å². The van der Waals surface area contributed by atoms with Crippen LogP contribution in [0, 0.1) is 0 Å². The van der Waals surface area contributed by atoms with Crippen molar-refractivity contribution >= 4 is 12.2 Å². The molecule has 0 aromatic carbocycles. The molecular formula is C14H17NO5. The van der Waals surface area contributed by atoms with Gasteiger partial charge in [0.25, 0.3) is 0 Å². The van der Waals surface area contributed by atoms with Gasteiger partial charge in [0.05, 0.1) is 6.61 Å². The molecule has 0 unspecified atom stereocenters. The van der Waals surface area contributed by atoms with E-state index in [9.17, 15) is 9.59 Å². The predicted octanol–water partition coefficient (Wildman–Crippen LogP) is 2.73.